The van der Waals surface area contributed by atoms with Crippen LogP contribution in [0.1, 0.15) is 30.4 Å². The average molecular weight is 547 g/mol. The number of piperidine rings is 1. The number of nitriles is 1. The molecule has 39 heavy (non-hydrogen) atoms. The van der Waals surface area contributed by atoms with Crippen molar-refractivity contribution in [2.75, 3.05) is 32.8 Å². The summed E-state index contributed by atoms with van der Waals surface area (Å²) in [6.07, 6.45) is -1.58. The fourth-order valence-corrected chi connectivity index (χ4v) is 4.37. The van der Waals surface area contributed by atoms with E-state index < -0.39 is 18.2 Å². The molecule has 0 radical (unpaired) electrons. The van der Waals surface area contributed by atoms with Crippen LogP contribution >= 0.6 is 0 Å². The van der Waals surface area contributed by atoms with Gasteiger partial charge in [0.1, 0.15) is 6.04 Å². The van der Waals surface area contributed by atoms with Crippen molar-refractivity contribution in [1.29, 1.82) is 5.26 Å². The van der Waals surface area contributed by atoms with E-state index in [-0.39, 0.29) is 11.9 Å². The van der Waals surface area contributed by atoms with Crippen molar-refractivity contribution < 1.29 is 32.6 Å². The van der Waals surface area contributed by atoms with Gasteiger partial charge in [-0.15, -0.1) is 0 Å². The van der Waals surface area contributed by atoms with Gasteiger partial charge in [0.25, 0.3) is 0 Å². The van der Waals surface area contributed by atoms with Crippen LogP contribution in [0.25, 0.3) is 11.1 Å². The third-order valence-electron chi connectivity index (χ3n) is 6.53. The Morgan fingerprint density at radius 3 is 2.10 bits per heavy atom. The molecule has 2 fully saturated rings. The fraction of sp³-hybridized carbons (Fsp3) is 0.464. The van der Waals surface area contributed by atoms with Crippen LogP contribution in [0.5, 0.6) is 0 Å². The van der Waals surface area contributed by atoms with E-state index in [4.69, 9.17) is 14.6 Å². The summed E-state index contributed by atoms with van der Waals surface area (Å²) < 4.78 is 37.2. The van der Waals surface area contributed by atoms with Crippen LogP contribution in [0.15, 0.2) is 48.5 Å². The molecule has 0 aliphatic carbocycles. The fourth-order valence-electron chi connectivity index (χ4n) is 4.37. The van der Waals surface area contributed by atoms with Gasteiger partial charge in [0.2, 0.25) is 5.91 Å². The van der Waals surface area contributed by atoms with E-state index in [0.717, 1.165) is 69.8 Å². The summed E-state index contributed by atoms with van der Waals surface area (Å²) in [4.78, 5) is 23.7. The number of carbonyl (C=O) groups excluding carboxylic acids is 1. The Balaban J connectivity index is 0.000000532. The minimum absolute atomic E-state index is 0.0648. The van der Waals surface area contributed by atoms with Gasteiger partial charge in [-0.3, -0.25) is 9.69 Å². The number of halogens is 3. The number of hydrogen-bond donors (Lipinski definition) is 3. The number of rotatable bonds is 7. The van der Waals surface area contributed by atoms with Gasteiger partial charge in [-0.2, -0.15) is 18.4 Å². The van der Waals surface area contributed by atoms with Crippen molar-refractivity contribution in [1.82, 2.24) is 15.5 Å². The first-order valence-electron chi connectivity index (χ1n) is 12.9. The van der Waals surface area contributed by atoms with Crippen LogP contribution in [0.3, 0.4) is 0 Å². The third-order valence-corrected chi connectivity index (χ3v) is 6.53. The molecule has 11 heteroatoms. The SMILES string of the molecule is N#C[C@H](Cc1ccc(-c2ccc(CN3CCOCC3)cc2)cc1)NC(=O)[C@@H]1CCCCN1.O=C(O)C(F)(F)F. The summed E-state index contributed by atoms with van der Waals surface area (Å²) in [6.45, 7) is 5.44. The van der Waals surface area contributed by atoms with Crippen LogP contribution in [-0.2, 0) is 27.3 Å². The van der Waals surface area contributed by atoms with Crippen molar-refractivity contribution in [3.8, 4) is 17.2 Å². The molecule has 2 atom stereocenters. The van der Waals surface area contributed by atoms with Crippen LogP contribution in [0.2, 0.25) is 0 Å². The molecule has 2 saturated heterocycles. The molecule has 4 rings (SSSR count). The lowest BCUT2D eigenvalue weighted by molar-refractivity contribution is -0.192. The van der Waals surface area contributed by atoms with Gasteiger partial charge in [0.15, 0.2) is 0 Å². The molecule has 2 heterocycles. The van der Waals surface area contributed by atoms with E-state index in [9.17, 15) is 23.2 Å². The number of carbonyl (C=O) groups is 2. The first-order chi connectivity index (χ1) is 18.7. The Kier molecular flexibility index (Phi) is 11.3. The lowest BCUT2D eigenvalue weighted by Crippen LogP contribution is -2.49. The molecule has 210 valence electrons. The molecule has 8 nitrogen and oxygen atoms in total. The maximum atomic E-state index is 12.4. The molecule has 3 N–H and O–H groups in total. The number of nitrogens with one attached hydrogen (secondary N) is 2. The van der Waals surface area contributed by atoms with Crippen LogP contribution < -0.4 is 10.6 Å². The Morgan fingerprint density at radius 1 is 1.05 bits per heavy atom. The summed E-state index contributed by atoms with van der Waals surface area (Å²) in [6, 6.07) is 18.5. The summed E-state index contributed by atoms with van der Waals surface area (Å²) in [5.41, 5.74) is 4.68. The zero-order valence-corrected chi connectivity index (χ0v) is 21.5. The molecule has 0 aromatic heterocycles. The average Bonchev–Trinajstić information content (AvgIpc) is 2.94. The second-order valence-electron chi connectivity index (χ2n) is 9.48. The second kappa shape index (κ2) is 14.6. The van der Waals surface area contributed by atoms with E-state index >= 15 is 0 Å². The molecule has 0 unspecified atom stereocenters. The van der Waals surface area contributed by atoms with Gasteiger partial charge >= 0.3 is 12.1 Å². The standard InChI is InChI=1S/C26H32N4O2.C2HF3O2/c27-18-24(29-26(31)25-3-1-2-12-28-25)17-20-4-8-22(9-5-20)23-10-6-21(7-11-23)19-30-13-15-32-16-14-30;3-2(4,5)1(6)7/h4-11,24-25,28H,1-3,12-17,19H2,(H,29,31);(H,6,7)/t24-,25-;/m0./s1. The summed E-state index contributed by atoms with van der Waals surface area (Å²) >= 11 is 0. The third kappa shape index (κ3) is 9.98. The minimum atomic E-state index is -5.08. The smallest absolute Gasteiger partial charge is 0.475 e. The Morgan fingerprint density at radius 2 is 1.62 bits per heavy atom. The van der Waals surface area contributed by atoms with Crippen molar-refractivity contribution in [2.45, 2.75) is 50.5 Å². The van der Waals surface area contributed by atoms with Gasteiger partial charge in [0, 0.05) is 26.1 Å². The molecule has 2 aliphatic rings. The zero-order chi connectivity index (χ0) is 28.3. The number of aliphatic carboxylic acids is 1. The van der Waals surface area contributed by atoms with Crippen LogP contribution in [0, 0.1) is 11.3 Å². The normalized spacial score (nSPS) is 18.7. The molecule has 0 saturated carbocycles. The number of carboxylic acids is 1. The number of benzene rings is 2. The van der Waals surface area contributed by atoms with Crippen LogP contribution in [-0.4, -0.2) is 73.0 Å². The van der Waals surface area contributed by atoms with Gasteiger partial charge in [-0.25, -0.2) is 4.79 Å². The highest BCUT2D eigenvalue weighted by Gasteiger charge is 2.38. The lowest BCUT2D eigenvalue weighted by Gasteiger charge is -2.26. The summed E-state index contributed by atoms with van der Waals surface area (Å²) in [7, 11) is 0. The highest BCUT2D eigenvalue weighted by molar-refractivity contribution is 5.82. The van der Waals surface area contributed by atoms with Gasteiger partial charge in [0.05, 0.1) is 25.3 Å². The highest BCUT2D eigenvalue weighted by Crippen LogP contribution is 2.22. The van der Waals surface area contributed by atoms with E-state index in [2.05, 4.69) is 58.0 Å². The molecule has 2 aromatic rings. The van der Waals surface area contributed by atoms with E-state index in [1.807, 2.05) is 12.1 Å². The predicted octanol–water partition coefficient (Wildman–Crippen LogP) is 3.51. The highest BCUT2D eigenvalue weighted by atomic mass is 19.4. The van der Waals surface area contributed by atoms with E-state index in [1.165, 1.54) is 11.1 Å². The minimum Gasteiger partial charge on any atom is -0.475 e. The molecule has 2 aromatic carbocycles. The maximum absolute atomic E-state index is 12.4. The predicted molar refractivity (Wildman–Crippen MR) is 139 cm³/mol. The number of hydrogen-bond acceptors (Lipinski definition) is 6. The number of morpholine rings is 1. The number of amides is 1. The van der Waals surface area contributed by atoms with Crippen molar-refractivity contribution in [3.05, 3.63) is 59.7 Å². The van der Waals surface area contributed by atoms with Crippen molar-refractivity contribution in [3.63, 3.8) is 0 Å². The Hall–Kier alpha value is -3.46. The molecule has 0 spiro atoms. The Labute approximate surface area is 225 Å². The number of alkyl halides is 3. The van der Waals surface area contributed by atoms with E-state index in [1.54, 1.807) is 0 Å². The van der Waals surface area contributed by atoms with Gasteiger partial charge in [-0.1, -0.05) is 55.0 Å². The largest absolute Gasteiger partial charge is 0.490 e. The topological polar surface area (TPSA) is 115 Å². The number of nitrogens with zero attached hydrogens (tertiary/aromatic N) is 2. The lowest BCUT2D eigenvalue weighted by atomic mass is 9.99. The molecule has 2 aliphatic heterocycles. The monoisotopic (exact) mass is 546 g/mol. The summed E-state index contributed by atoms with van der Waals surface area (Å²) in [5.74, 6) is -2.82. The van der Waals surface area contributed by atoms with Gasteiger partial charge in [-0.05, 0) is 41.6 Å². The first-order valence-corrected chi connectivity index (χ1v) is 12.9. The van der Waals surface area contributed by atoms with Gasteiger partial charge < -0.3 is 20.5 Å². The molecular weight excluding hydrogens is 513 g/mol. The Bertz CT molecular complexity index is 1110. The summed E-state index contributed by atoms with van der Waals surface area (Å²) in [5, 5.41) is 22.8. The number of ether oxygens (including phenoxy) is 1. The second-order valence-corrected chi connectivity index (χ2v) is 9.48. The van der Waals surface area contributed by atoms with Crippen molar-refractivity contribution in [2.24, 2.45) is 0 Å². The maximum Gasteiger partial charge on any atom is 0.490 e. The molecule has 0 bridgehead atoms. The van der Waals surface area contributed by atoms with Crippen molar-refractivity contribution >= 4 is 11.9 Å². The molecular formula is C28H33F3N4O4. The van der Waals surface area contributed by atoms with E-state index in [0.29, 0.717) is 6.42 Å². The molecule has 1 amide bonds. The zero-order valence-electron chi connectivity index (χ0n) is 21.5. The number of carboxylic acid groups (broad SMARTS) is 1. The van der Waals surface area contributed by atoms with Crippen LogP contribution in [0.4, 0.5) is 13.2 Å². The first kappa shape index (κ1) is 30.1. The quantitative estimate of drug-likeness (QED) is 0.487.